The zero-order valence-corrected chi connectivity index (χ0v) is 13.9. The quantitative estimate of drug-likeness (QED) is 0.880. The molecular formula is C17H21BrN2. The number of nitrogens with one attached hydrogen (secondary N) is 1. The molecule has 0 spiro atoms. The molecule has 2 rings (SSSR count). The average molecular weight is 333 g/mol. The largest absolute Gasteiger partial charge is 0.310 e. The zero-order chi connectivity index (χ0) is 14.5. The maximum atomic E-state index is 4.53. The van der Waals surface area contributed by atoms with Crippen molar-refractivity contribution in [3.05, 3.63) is 63.4 Å². The van der Waals surface area contributed by atoms with Crippen molar-refractivity contribution in [2.24, 2.45) is 0 Å². The molecule has 106 valence electrons. The smallest absolute Gasteiger partial charge is 0.0422 e. The second-order valence-corrected chi connectivity index (χ2v) is 5.95. The molecule has 0 saturated carbocycles. The van der Waals surface area contributed by atoms with Gasteiger partial charge in [0.15, 0.2) is 0 Å². The van der Waals surface area contributed by atoms with E-state index in [0.29, 0.717) is 6.04 Å². The molecule has 0 bridgehead atoms. The molecule has 0 aliphatic carbocycles. The lowest BCUT2D eigenvalue weighted by Crippen LogP contribution is -2.24. The van der Waals surface area contributed by atoms with Crippen LogP contribution in [-0.4, -0.2) is 11.5 Å². The molecule has 2 aromatic rings. The van der Waals surface area contributed by atoms with Crippen molar-refractivity contribution in [3.8, 4) is 0 Å². The van der Waals surface area contributed by atoms with E-state index in [1.807, 2.05) is 6.20 Å². The summed E-state index contributed by atoms with van der Waals surface area (Å²) in [5.74, 6) is 0. The first-order valence-electron chi connectivity index (χ1n) is 7.01. The standard InChI is InChI=1S/C17H21BrN2/c1-4-19-17(10-14-9-8-12(2)11-20-14)15-6-5-7-16(18)13(15)3/h5-9,11,17,19H,4,10H2,1-3H3. The lowest BCUT2D eigenvalue weighted by Gasteiger charge is -2.21. The fourth-order valence-electron chi connectivity index (χ4n) is 2.37. The van der Waals surface area contributed by atoms with Crippen LogP contribution in [0, 0.1) is 13.8 Å². The molecule has 1 heterocycles. The van der Waals surface area contributed by atoms with E-state index in [-0.39, 0.29) is 0 Å². The van der Waals surface area contributed by atoms with Crippen LogP contribution in [0.4, 0.5) is 0 Å². The second-order valence-electron chi connectivity index (χ2n) is 5.10. The van der Waals surface area contributed by atoms with E-state index < -0.39 is 0 Å². The van der Waals surface area contributed by atoms with Crippen molar-refractivity contribution in [1.29, 1.82) is 0 Å². The minimum Gasteiger partial charge on any atom is -0.310 e. The molecule has 1 N–H and O–H groups in total. The molecule has 3 heteroatoms. The average Bonchev–Trinajstić information content (AvgIpc) is 2.44. The Balaban J connectivity index is 2.26. The summed E-state index contributed by atoms with van der Waals surface area (Å²) in [6, 6.07) is 10.9. The Morgan fingerprint density at radius 3 is 2.65 bits per heavy atom. The van der Waals surface area contributed by atoms with Crippen LogP contribution >= 0.6 is 15.9 Å². The predicted octanol–water partition coefficient (Wildman–Crippen LogP) is 4.35. The van der Waals surface area contributed by atoms with E-state index >= 15 is 0 Å². The van der Waals surface area contributed by atoms with Gasteiger partial charge >= 0.3 is 0 Å². The van der Waals surface area contributed by atoms with Gasteiger partial charge in [0.2, 0.25) is 0 Å². The number of aryl methyl sites for hydroxylation is 1. The van der Waals surface area contributed by atoms with Gasteiger partial charge in [-0.15, -0.1) is 0 Å². The first-order valence-corrected chi connectivity index (χ1v) is 7.81. The number of benzene rings is 1. The van der Waals surface area contributed by atoms with Gasteiger partial charge in [0.1, 0.15) is 0 Å². The molecule has 2 nitrogen and oxygen atoms in total. The summed E-state index contributed by atoms with van der Waals surface area (Å²) in [5, 5.41) is 3.57. The maximum absolute atomic E-state index is 4.53. The van der Waals surface area contributed by atoms with Gasteiger partial charge in [0, 0.05) is 28.8 Å². The molecule has 0 aliphatic heterocycles. The van der Waals surface area contributed by atoms with Crippen LogP contribution in [0.15, 0.2) is 41.0 Å². The molecule has 0 radical (unpaired) electrons. The van der Waals surface area contributed by atoms with Gasteiger partial charge in [0.25, 0.3) is 0 Å². The number of hydrogen-bond acceptors (Lipinski definition) is 2. The highest BCUT2D eigenvalue weighted by atomic mass is 79.9. The number of pyridine rings is 1. The lowest BCUT2D eigenvalue weighted by molar-refractivity contribution is 0.541. The fraction of sp³-hybridized carbons (Fsp3) is 0.353. The third kappa shape index (κ3) is 3.68. The van der Waals surface area contributed by atoms with Crippen LogP contribution in [-0.2, 0) is 6.42 Å². The van der Waals surface area contributed by atoms with Crippen molar-refractivity contribution in [2.75, 3.05) is 6.54 Å². The summed E-state index contributed by atoms with van der Waals surface area (Å²) in [6.07, 6.45) is 2.84. The monoisotopic (exact) mass is 332 g/mol. The SMILES string of the molecule is CCNC(Cc1ccc(C)cn1)c1cccc(Br)c1C. The van der Waals surface area contributed by atoms with Gasteiger partial charge in [-0.05, 0) is 49.2 Å². The van der Waals surface area contributed by atoms with E-state index in [9.17, 15) is 0 Å². The first kappa shape index (κ1) is 15.2. The van der Waals surface area contributed by atoms with Gasteiger partial charge < -0.3 is 5.32 Å². The van der Waals surface area contributed by atoms with Crippen molar-refractivity contribution in [1.82, 2.24) is 10.3 Å². The van der Waals surface area contributed by atoms with Gasteiger partial charge in [0.05, 0.1) is 0 Å². The Morgan fingerprint density at radius 2 is 2.00 bits per heavy atom. The number of rotatable bonds is 5. The summed E-state index contributed by atoms with van der Waals surface area (Å²) in [4.78, 5) is 4.53. The minimum absolute atomic E-state index is 0.299. The van der Waals surface area contributed by atoms with Gasteiger partial charge in [-0.2, -0.15) is 0 Å². The second kappa shape index (κ2) is 7.00. The van der Waals surface area contributed by atoms with Crippen LogP contribution in [0.1, 0.15) is 35.3 Å². The van der Waals surface area contributed by atoms with Gasteiger partial charge in [-0.1, -0.05) is 41.1 Å². The van der Waals surface area contributed by atoms with Gasteiger partial charge in [-0.25, -0.2) is 0 Å². The van der Waals surface area contributed by atoms with Crippen molar-refractivity contribution >= 4 is 15.9 Å². The number of likely N-dealkylation sites (N-methyl/N-ethyl adjacent to an activating group) is 1. The van der Waals surface area contributed by atoms with E-state index in [1.54, 1.807) is 0 Å². The molecule has 1 unspecified atom stereocenters. The van der Waals surface area contributed by atoms with E-state index in [4.69, 9.17) is 0 Å². The Hall–Kier alpha value is -1.19. The Bertz CT molecular complexity index is 564. The first-order chi connectivity index (χ1) is 9.61. The highest BCUT2D eigenvalue weighted by Gasteiger charge is 2.15. The molecular weight excluding hydrogens is 312 g/mol. The fourth-order valence-corrected chi connectivity index (χ4v) is 2.75. The van der Waals surface area contributed by atoms with Crippen LogP contribution in [0.5, 0.6) is 0 Å². The summed E-state index contributed by atoms with van der Waals surface area (Å²) in [7, 11) is 0. The highest BCUT2D eigenvalue weighted by molar-refractivity contribution is 9.10. The van der Waals surface area contributed by atoms with Crippen molar-refractivity contribution in [2.45, 2.75) is 33.2 Å². The van der Waals surface area contributed by atoms with Crippen molar-refractivity contribution < 1.29 is 0 Å². The molecule has 0 aliphatic rings. The van der Waals surface area contributed by atoms with Crippen LogP contribution in [0.2, 0.25) is 0 Å². The number of aromatic nitrogens is 1. The molecule has 0 saturated heterocycles. The zero-order valence-electron chi connectivity index (χ0n) is 12.3. The lowest BCUT2D eigenvalue weighted by atomic mass is 9.97. The Labute approximate surface area is 129 Å². The minimum atomic E-state index is 0.299. The number of halogens is 1. The van der Waals surface area contributed by atoms with E-state index in [1.165, 1.54) is 16.7 Å². The third-order valence-corrected chi connectivity index (χ3v) is 4.38. The van der Waals surface area contributed by atoms with E-state index in [2.05, 4.69) is 77.3 Å². The van der Waals surface area contributed by atoms with Crippen molar-refractivity contribution in [3.63, 3.8) is 0 Å². The summed E-state index contributed by atoms with van der Waals surface area (Å²) in [5.41, 5.74) is 4.96. The highest BCUT2D eigenvalue weighted by Crippen LogP contribution is 2.26. The third-order valence-electron chi connectivity index (χ3n) is 3.52. The molecule has 1 aromatic heterocycles. The van der Waals surface area contributed by atoms with Gasteiger partial charge in [-0.3, -0.25) is 4.98 Å². The number of nitrogens with zero attached hydrogens (tertiary/aromatic N) is 1. The predicted molar refractivity (Wildman–Crippen MR) is 88.0 cm³/mol. The molecule has 0 fully saturated rings. The summed E-state index contributed by atoms with van der Waals surface area (Å²) >= 11 is 3.62. The summed E-state index contributed by atoms with van der Waals surface area (Å²) in [6.45, 7) is 7.31. The van der Waals surface area contributed by atoms with Crippen LogP contribution in [0.25, 0.3) is 0 Å². The topological polar surface area (TPSA) is 24.9 Å². The van der Waals surface area contributed by atoms with Crippen LogP contribution in [0.3, 0.4) is 0 Å². The molecule has 20 heavy (non-hydrogen) atoms. The number of hydrogen-bond donors (Lipinski definition) is 1. The summed E-state index contributed by atoms with van der Waals surface area (Å²) < 4.78 is 1.16. The molecule has 0 amide bonds. The normalized spacial score (nSPS) is 12.4. The van der Waals surface area contributed by atoms with E-state index in [0.717, 1.165) is 23.1 Å². The Kier molecular flexibility index (Phi) is 5.32. The molecule has 1 aromatic carbocycles. The maximum Gasteiger partial charge on any atom is 0.0422 e. The molecule has 1 atom stereocenters. The Morgan fingerprint density at radius 1 is 1.20 bits per heavy atom. The van der Waals surface area contributed by atoms with Crippen LogP contribution < -0.4 is 5.32 Å².